The Balaban J connectivity index is 0. The van der Waals surface area contributed by atoms with E-state index in [0.717, 1.165) is 6.08 Å². The second-order valence-corrected chi connectivity index (χ2v) is 4.50. The maximum absolute atomic E-state index is 9.96. The van der Waals surface area contributed by atoms with Crippen molar-refractivity contribution in [3.63, 3.8) is 0 Å². The number of nitrogens with two attached hydrogens (primary N) is 1. The van der Waals surface area contributed by atoms with Crippen molar-refractivity contribution in [3.8, 4) is 0 Å². The SMILES string of the molecule is C=CC(=O)OC.CC(C)(N)COS(=O)(=O)O. The van der Waals surface area contributed by atoms with Crippen LogP contribution in [0.3, 0.4) is 0 Å². The first-order chi connectivity index (χ1) is 7.02. The molecular weight excluding hydrogens is 238 g/mol. The van der Waals surface area contributed by atoms with E-state index in [1.807, 2.05) is 0 Å². The lowest BCUT2D eigenvalue weighted by Gasteiger charge is -2.15. The fourth-order valence-electron chi connectivity index (χ4n) is 0.310. The van der Waals surface area contributed by atoms with Gasteiger partial charge in [-0.1, -0.05) is 6.58 Å². The summed E-state index contributed by atoms with van der Waals surface area (Å²) in [5.74, 6) is -0.394. The smallest absolute Gasteiger partial charge is 0.397 e. The van der Waals surface area contributed by atoms with Gasteiger partial charge in [0.05, 0.1) is 13.7 Å². The van der Waals surface area contributed by atoms with E-state index in [4.69, 9.17) is 10.3 Å². The van der Waals surface area contributed by atoms with E-state index < -0.39 is 21.9 Å². The Hall–Kier alpha value is -0.960. The van der Waals surface area contributed by atoms with Crippen molar-refractivity contribution in [2.24, 2.45) is 5.73 Å². The van der Waals surface area contributed by atoms with Crippen molar-refractivity contribution in [2.45, 2.75) is 19.4 Å². The molecule has 0 rings (SSSR count). The van der Waals surface area contributed by atoms with E-state index >= 15 is 0 Å². The zero-order chi connectivity index (χ0) is 13.4. The van der Waals surface area contributed by atoms with Crippen LogP contribution in [0.25, 0.3) is 0 Å². The van der Waals surface area contributed by atoms with Gasteiger partial charge in [0.1, 0.15) is 0 Å². The van der Waals surface area contributed by atoms with Gasteiger partial charge in [-0.05, 0) is 13.8 Å². The summed E-state index contributed by atoms with van der Waals surface area (Å²) in [4.78, 5) is 9.84. The lowest BCUT2D eigenvalue weighted by atomic mass is 10.1. The van der Waals surface area contributed by atoms with Crippen LogP contribution < -0.4 is 5.73 Å². The van der Waals surface area contributed by atoms with Crippen LogP contribution in [0.4, 0.5) is 0 Å². The number of rotatable bonds is 4. The predicted octanol–water partition coefficient (Wildman–Crippen LogP) is -0.111. The molecule has 0 aliphatic heterocycles. The van der Waals surface area contributed by atoms with E-state index in [1.165, 1.54) is 7.11 Å². The molecule has 7 nitrogen and oxygen atoms in total. The molecule has 96 valence electrons. The molecule has 0 fully saturated rings. The molecule has 0 aromatic carbocycles. The van der Waals surface area contributed by atoms with Gasteiger partial charge in [-0.25, -0.2) is 8.98 Å². The van der Waals surface area contributed by atoms with Crippen molar-refractivity contribution >= 4 is 16.4 Å². The largest absolute Gasteiger partial charge is 0.466 e. The minimum Gasteiger partial charge on any atom is -0.466 e. The molecule has 16 heavy (non-hydrogen) atoms. The molecule has 0 saturated carbocycles. The van der Waals surface area contributed by atoms with Gasteiger partial charge in [0, 0.05) is 11.6 Å². The van der Waals surface area contributed by atoms with Crippen molar-refractivity contribution in [1.29, 1.82) is 0 Å². The Labute approximate surface area is 95.2 Å². The summed E-state index contributed by atoms with van der Waals surface area (Å²) in [7, 11) is -3.03. The summed E-state index contributed by atoms with van der Waals surface area (Å²) in [5.41, 5.74) is 4.59. The molecule has 0 aliphatic rings. The standard InChI is InChI=1S/C4H11NO4S.C4H6O2/c1-4(2,5)3-9-10(6,7)8;1-3-4(5)6-2/h3,5H2,1-2H3,(H,6,7,8);3H,1H2,2H3. The van der Waals surface area contributed by atoms with Gasteiger partial charge in [0.2, 0.25) is 0 Å². The number of hydrogen-bond donors (Lipinski definition) is 2. The highest BCUT2D eigenvalue weighted by atomic mass is 32.3. The fourth-order valence-corrected chi connectivity index (χ4v) is 0.762. The number of methoxy groups -OCH3 is 1. The molecule has 0 radical (unpaired) electrons. The van der Waals surface area contributed by atoms with E-state index in [-0.39, 0.29) is 6.61 Å². The highest BCUT2D eigenvalue weighted by molar-refractivity contribution is 7.80. The van der Waals surface area contributed by atoms with Gasteiger partial charge in [0.15, 0.2) is 0 Å². The summed E-state index contributed by atoms with van der Waals surface area (Å²) in [6, 6.07) is 0. The zero-order valence-electron chi connectivity index (χ0n) is 9.47. The van der Waals surface area contributed by atoms with Crippen LogP contribution in [0.1, 0.15) is 13.8 Å². The minimum atomic E-state index is -4.34. The molecule has 0 atom stereocenters. The van der Waals surface area contributed by atoms with Gasteiger partial charge in [-0.3, -0.25) is 4.55 Å². The molecule has 0 unspecified atom stereocenters. The normalized spacial score (nSPS) is 11.1. The quantitative estimate of drug-likeness (QED) is 0.409. The van der Waals surface area contributed by atoms with E-state index in [1.54, 1.807) is 13.8 Å². The number of hydrogen-bond acceptors (Lipinski definition) is 6. The monoisotopic (exact) mass is 255 g/mol. The number of esters is 1. The van der Waals surface area contributed by atoms with E-state index in [9.17, 15) is 13.2 Å². The molecule has 0 amide bonds. The van der Waals surface area contributed by atoms with Crippen LogP contribution in [0.5, 0.6) is 0 Å². The highest BCUT2D eigenvalue weighted by Crippen LogP contribution is 1.99. The zero-order valence-corrected chi connectivity index (χ0v) is 10.3. The van der Waals surface area contributed by atoms with Crippen LogP contribution in [-0.2, 0) is 24.1 Å². The Kier molecular flexibility index (Phi) is 7.99. The number of carbonyl (C=O) groups excluding carboxylic acids is 1. The van der Waals surface area contributed by atoms with Crippen LogP contribution >= 0.6 is 0 Å². The Morgan fingerprint density at radius 2 is 2.00 bits per heavy atom. The summed E-state index contributed by atoms with van der Waals surface area (Å²) < 4.78 is 36.1. The highest BCUT2D eigenvalue weighted by Gasteiger charge is 2.15. The first kappa shape index (κ1) is 17.4. The third kappa shape index (κ3) is 18.8. The first-order valence-corrected chi connectivity index (χ1v) is 5.49. The van der Waals surface area contributed by atoms with Crippen molar-refractivity contribution in [2.75, 3.05) is 13.7 Å². The first-order valence-electron chi connectivity index (χ1n) is 4.13. The Morgan fingerprint density at radius 1 is 1.56 bits per heavy atom. The fraction of sp³-hybridized carbons (Fsp3) is 0.625. The van der Waals surface area contributed by atoms with Crippen LogP contribution in [0.15, 0.2) is 12.7 Å². The van der Waals surface area contributed by atoms with Gasteiger partial charge in [-0.2, -0.15) is 8.42 Å². The Bertz CT molecular complexity index is 316. The van der Waals surface area contributed by atoms with Crippen LogP contribution in [0, 0.1) is 0 Å². The summed E-state index contributed by atoms with van der Waals surface area (Å²) in [6.07, 6.45) is 1.11. The van der Waals surface area contributed by atoms with Gasteiger partial charge >= 0.3 is 16.4 Å². The second kappa shape index (κ2) is 7.34. The summed E-state index contributed by atoms with van der Waals surface area (Å²) in [5, 5.41) is 0. The van der Waals surface area contributed by atoms with Gasteiger partial charge < -0.3 is 10.5 Å². The second-order valence-electron chi connectivity index (χ2n) is 3.41. The molecule has 8 heteroatoms. The van der Waals surface area contributed by atoms with Crippen LogP contribution in [0.2, 0.25) is 0 Å². The molecule has 0 heterocycles. The van der Waals surface area contributed by atoms with Crippen molar-refractivity contribution < 1.29 is 26.7 Å². The van der Waals surface area contributed by atoms with Crippen molar-refractivity contribution in [1.82, 2.24) is 0 Å². The topological polar surface area (TPSA) is 116 Å². The molecule has 0 spiro atoms. The lowest BCUT2D eigenvalue weighted by Crippen LogP contribution is -2.38. The van der Waals surface area contributed by atoms with E-state index in [2.05, 4.69) is 15.5 Å². The van der Waals surface area contributed by atoms with E-state index in [0.29, 0.717) is 0 Å². The third-order valence-corrected chi connectivity index (χ3v) is 1.36. The summed E-state index contributed by atoms with van der Waals surface area (Å²) in [6.45, 7) is 6.09. The summed E-state index contributed by atoms with van der Waals surface area (Å²) >= 11 is 0. The molecular formula is C8H17NO6S. The average molecular weight is 255 g/mol. The number of carbonyl (C=O) groups is 1. The molecule has 0 bridgehead atoms. The predicted molar refractivity (Wildman–Crippen MR) is 58.0 cm³/mol. The van der Waals surface area contributed by atoms with Crippen LogP contribution in [-0.4, -0.2) is 38.2 Å². The molecule has 0 aromatic rings. The number of ether oxygens (including phenoxy) is 1. The molecule has 0 saturated heterocycles. The minimum absolute atomic E-state index is 0.230. The maximum atomic E-state index is 9.96. The third-order valence-electron chi connectivity index (χ3n) is 0.948. The maximum Gasteiger partial charge on any atom is 0.397 e. The molecule has 0 aliphatic carbocycles. The van der Waals surface area contributed by atoms with Gasteiger partial charge in [0.25, 0.3) is 0 Å². The molecule has 0 aromatic heterocycles. The molecule has 3 N–H and O–H groups in total. The van der Waals surface area contributed by atoms with Crippen molar-refractivity contribution in [3.05, 3.63) is 12.7 Å². The lowest BCUT2D eigenvalue weighted by molar-refractivity contribution is -0.134. The average Bonchev–Trinajstić information content (AvgIpc) is 2.12. The van der Waals surface area contributed by atoms with Gasteiger partial charge in [-0.15, -0.1) is 0 Å². The Morgan fingerprint density at radius 3 is 2.06 bits per heavy atom.